The van der Waals surface area contributed by atoms with Crippen molar-refractivity contribution in [2.75, 3.05) is 19.0 Å². The number of hydrogen-bond acceptors (Lipinski definition) is 3. The van der Waals surface area contributed by atoms with Crippen LogP contribution in [0.2, 0.25) is 0 Å². The van der Waals surface area contributed by atoms with Crippen LogP contribution in [-0.4, -0.2) is 19.6 Å². The Morgan fingerprint density at radius 3 is 2.65 bits per heavy atom. The third-order valence-corrected chi connectivity index (χ3v) is 3.97. The lowest BCUT2D eigenvalue weighted by molar-refractivity contribution is -0.121. The molecule has 1 aromatic rings. The predicted octanol–water partition coefficient (Wildman–Crippen LogP) is 2.54. The Kier molecular flexibility index (Phi) is 4.95. The molecule has 1 aliphatic carbocycles. The van der Waals surface area contributed by atoms with Crippen molar-refractivity contribution in [3.63, 3.8) is 0 Å². The van der Waals surface area contributed by atoms with E-state index in [1.807, 2.05) is 0 Å². The van der Waals surface area contributed by atoms with E-state index in [2.05, 4.69) is 5.32 Å². The fourth-order valence-corrected chi connectivity index (χ4v) is 2.65. The molecule has 0 aromatic heterocycles. The van der Waals surface area contributed by atoms with Crippen molar-refractivity contribution in [1.82, 2.24) is 0 Å². The Hall–Kier alpha value is -1.62. The van der Waals surface area contributed by atoms with Gasteiger partial charge in [0.1, 0.15) is 0 Å². The molecule has 2 rings (SSSR count). The maximum atomic E-state index is 13.5. The van der Waals surface area contributed by atoms with E-state index in [9.17, 15) is 9.18 Å². The van der Waals surface area contributed by atoms with Crippen molar-refractivity contribution in [3.05, 3.63) is 24.0 Å². The summed E-state index contributed by atoms with van der Waals surface area (Å²) in [6.07, 6.45) is 3.69. The first-order valence-electron chi connectivity index (χ1n) is 6.98. The zero-order valence-corrected chi connectivity index (χ0v) is 11.7. The summed E-state index contributed by atoms with van der Waals surface area (Å²) in [5, 5.41) is 2.77. The highest BCUT2D eigenvalue weighted by molar-refractivity contribution is 5.92. The molecule has 20 heavy (non-hydrogen) atoms. The van der Waals surface area contributed by atoms with Crippen LogP contribution >= 0.6 is 0 Å². The topological polar surface area (TPSA) is 64.3 Å². The van der Waals surface area contributed by atoms with Crippen molar-refractivity contribution >= 4 is 11.6 Å². The SMILES string of the molecule is COc1ccc(NC(=O)C2CCC(CN)CC2)cc1F. The van der Waals surface area contributed by atoms with Crippen LogP contribution in [0.5, 0.6) is 5.75 Å². The molecule has 0 saturated heterocycles. The summed E-state index contributed by atoms with van der Waals surface area (Å²) in [7, 11) is 1.41. The molecule has 0 spiro atoms. The van der Waals surface area contributed by atoms with Crippen LogP contribution in [0.1, 0.15) is 25.7 Å². The first-order valence-corrected chi connectivity index (χ1v) is 6.98. The van der Waals surface area contributed by atoms with Crippen molar-refractivity contribution in [3.8, 4) is 5.75 Å². The molecular weight excluding hydrogens is 259 g/mol. The molecule has 110 valence electrons. The number of nitrogens with two attached hydrogens (primary N) is 1. The second kappa shape index (κ2) is 6.70. The molecule has 1 aromatic carbocycles. The zero-order chi connectivity index (χ0) is 14.5. The number of nitrogens with one attached hydrogen (secondary N) is 1. The first kappa shape index (κ1) is 14.8. The summed E-state index contributed by atoms with van der Waals surface area (Å²) in [6.45, 7) is 0.692. The molecule has 3 N–H and O–H groups in total. The quantitative estimate of drug-likeness (QED) is 0.890. The van der Waals surface area contributed by atoms with Gasteiger partial charge in [0.05, 0.1) is 7.11 Å². The molecule has 1 saturated carbocycles. The zero-order valence-electron chi connectivity index (χ0n) is 11.7. The van der Waals surface area contributed by atoms with Crippen molar-refractivity contribution in [2.24, 2.45) is 17.6 Å². The van der Waals surface area contributed by atoms with Gasteiger partial charge in [0.25, 0.3) is 0 Å². The lowest BCUT2D eigenvalue weighted by Gasteiger charge is -2.26. The molecule has 1 fully saturated rings. The normalized spacial score (nSPS) is 22.4. The third kappa shape index (κ3) is 3.48. The molecule has 4 nitrogen and oxygen atoms in total. The van der Waals surface area contributed by atoms with E-state index in [1.54, 1.807) is 6.07 Å². The molecule has 0 unspecified atom stereocenters. The van der Waals surface area contributed by atoms with Gasteiger partial charge in [0, 0.05) is 17.7 Å². The molecule has 1 aliphatic rings. The molecule has 0 radical (unpaired) electrons. The van der Waals surface area contributed by atoms with Gasteiger partial charge >= 0.3 is 0 Å². The Morgan fingerprint density at radius 2 is 2.10 bits per heavy atom. The van der Waals surface area contributed by atoms with Gasteiger partial charge in [0.15, 0.2) is 11.6 Å². The van der Waals surface area contributed by atoms with Crippen LogP contribution in [0.3, 0.4) is 0 Å². The molecule has 0 bridgehead atoms. The van der Waals surface area contributed by atoms with Crippen LogP contribution in [-0.2, 0) is 4.79 Å². The second-order valence-electron chi connectivity index (χ2n) is 5.29. The van der Waals surface area contributed by atoms with Crippen LogP contribution in [0.25, 0.3) is 0 Å². The smallest absolute Gasteiger partial charge is 0.227 e. The Balaban J connectivity index is 1.93. The van der Waals surface area contributed by atoms with Gasteiger partial charge in [-0.05, 0) is 50.3 Å². The summed E-state index contributed by atoms with van der Waals surface area (Å²) >= 11 is 0. The molecule has 0 atom stereocenters. The monoisotopic (exact) mass is 280 g/mol. The van der Waals surface area contributed by atoms with Gasteiger partial charge in [-0.2, -0.15) is 0 Å². The Morgan fingerprint density at radius 1 is 1.40 bits per heavy atom. The molecule has 1 amide bonds. The fourth-order valence-electron chi connectivity index (χ4n) is 2.65. The lowest BCUT2D eigenvalue weighted by atomic mass is 9.81. The second-order valence-corrected chi connectivity index (χ2v) is 5.29. The first-order chi connectivity index (χ1) is 9.63. The molecule has 5 heteroatoms. The predicted molar refractivity (Wildman–Crippen MR) is 76.1 cm³/mol. The highest BCUT2D eigenvalue weighted by Gasteiger charge is 2.25. The molecule has 0 heterocycles. The Bertz CT molecular complexity index is 471. The number of carbonyl (C=O) groups is 1. The minimum absolute atomic E-state index is 0.00274. The Labute approximate surface area is 118 Å². The number of ether oxygens (including phenoxy) is 1. The van der Waals surface area contributed by atoms with E-state index in [0.717, 1.165) is 25.7 Å². The van der Waals surface area contributed by atoms with E-state index in [1.165, 1.54) is 19.2 Å². The largest absolute Gasteiger partial charge is 0.494 e. The summed E-state index contributed by atoms with van der Waals surface area (Å²) in [4.78, 5) is 12.1. The number of carbonyl (C=O) groups excluding carboxylic acids is 1. The third-order valence-electron chi connectivity index (χ3n) is 3.97. The average Bonchev–Trinajstić information content (AvgIpc) is 2.47. The standard InChI is InChI=1S/C15H21FN2O2/c1-20-14-7-6-12(8-13(14)16)18-15(19)11-4-2-10(9-17)3-5-11/h6-8,10-11H,2-5,9,17H2,1H3,(H,18,19). The number of halogens is 1. The van der Waals surface area contributed by atoms with Gasteiger partial charge in [-0.25, -0.2) is 4.39 Å². The number of methoxy groups -OCH3 is 1. The minimum Gasteiger partial charge on any atom is -0.494 e. The summed E-state index contributed by atoms with van der Waals surface area (Å²) in [6, 6.07) is 4.43. The van der Waals surface area contributed by atoms with Crippen molar-refractivity contribution < 1.29 is 13.9 Å². The van der Waals surface area contributed by atoms with Crippen LogP contribution < -0.4 is 15.8 Å². The highest BCUT2D eigenvalue weighted by atomic mass is 19.1. The maximum absolute atomic E-state index is 13.5. The summed E-state index contributed by atoms with van der Waals surface area (Å²) in [5.74, 6) is 0.203. The van der Waals surface area contributed by atoms with Gasteiger partial charge in [-0.3, -0.25) is 4.79 Å². The summed E-state index contributed by atoms with van der Waals surface area (Å²) in [5.41, 5.74) is 6.11. The fraction of sp³-hybridized carbons (Fsp3) is 0.533. The van der Waals surface area contributed by atoms with Gasteiger partial charge < -0.3 is 15.8 Å². The number of benzene rings is 1. The van der Waals surface area contributed by atoms with Crippen LogP contribution in [0, 0.1) is 17.7 Å². The highest BCUT2D eigenvalue weighted by Crippen LogP contribution is 2.29. The number of anilines is 1. The maximum Gasteiger partial charge on any atom is 0.227 e. The number of amides is 1. The van der Waals surface area contributed by atoms with E-state index in [0.29, 0.717) is 18.2 Å². The van der Waals surface area contributed by atoms with Gasteiger partial charge in [-0.15, -0.1) is 0 Å². The van der Waals surface area contributed by atoms with Crippen molar-refractivity contribution in [1.29, 1.82) is 0 Å². The number of hydrogen-bond donors (Lipinski definition) is 2. The van der Waals surface area contributed by atoms with E-state index < -0.39 is 5.82 Å². The van der Waals surface area contributed by atoms with Crippen LogP contribution in [0.15, 0.2) is 18.2 Å². The molecular formula is C15H21FN2O2. The van der Waals surface area contributed by atoms with E-state index in [-0.39, 0.29) is 17.6 Å². The molecule has 0 aliphatic heterocycles. The number of rotatable bonds is 4. The van der Waals surface area contributed by atoms with Gasteiger partial charge in [-0.1, -0.05) is 0 Å². The van der Waals surface area contributed by atoms with Gasteiger partial charge in [0.2, 0.25) is 5.91 Å². The van der Waals surface area contributed by atoms with E-state index >= 15 is 0 Å². The average molecular weight is 280 g/mol. The van der Waals surface area contributed by atoms with E-state index in [4.69, 9.17) is 10.5 Å². The minimum atomic E-state index is -0.475. The van der Waals surface area contributed by atoms with Crippen LogP contribution in [0.4, 0.5) is 10.1 Å². The van der Waals surface area contributed by atoms with Crippen molar-refractivity contribution in [2.45, 2.75) is 25.7 Å². The summed E-state index contributed by atoms with van der Waals surface area (Å²) < 4.78 is 18.4. The lowest BCUT2D eigenvalue weighted by Crippen LogP contribution is -2.29.